The van der Waals surface area contributed by atoms with Crippen molar-refractivity contribution in [2.45, 2.75) is 24.2 Å². The van der Waals surface area contributed by atoms with Crippen LogP contribution in [0.25, 0.3) is 0 Å². The molecule has 27 heavy (non-hydrogen) atoms. The third-order valence-corrected chi connectivity index (χ3v) is 6.76. The number of carbonyl (C=O) groups is 2. The first-order chi connectivity index (χ1) is 12.9. The Balaban J connectivity index is 1.69. The lowest BCUT2D eigenvalue weighted by atomic mass is 10.1. The molecule has 0 unspecified atom stereocenters. The summed E-state index contributed by atoms with van der Waals surface area (Å²) >= 11 is 1.01. The van der Waals surface area contributed by atoms with Gasteiger partial charge < -0.3 is 9.64 Å². The third kappa shape index (κ3) is 4.48. The summed E-state index contributed by atoms with van der Waals surface area (Å²) in [4.78, 5) is 25.7. The molecule has 1 fully saturated rings. The van der Waals surface area contributed by atoms with Crippen LogP contribution >= 0.6 is 11.3 Å². The van der Waals surface area contributed by atoms with Gasteiger partial charge in [-0.1, -0.05) is 12.1 Å². The molecule has 0 atom stereocenters. The van der Waals surface area contributed by atoms with Gasteiger partial charge in [0, 0.05) is 18.8 Å². The maximum absolute atomic E-state index is 12.6. The normalized spacial score (nSPS) is 14.2. The van der Waals surface area contributed by atoms with Crippen LogP contribution in [0.2, 0.25) is 0 Å². The van der Waals surface area contributed by atoms with Crippen LogP contribution in [0.5, 0.6) is 0 Å². The van der Waals surface area contributed by atoms with Crippen LogP contribution in [0.15, 0.2) is 40.6 Å². The molecule has 2 aromatic rings. The van der Waals surface area contributed by atoms with Gasteiger partial charge in [0.1, 0.15) is 9.77 Å². The lowest BCUT2D eigenvalue weighted by molar-refractivity contribution is -0.129. The molecule has 2 heterocycles. The van der Waals surface area contributed by atoms with Crippen molar-refractivity contribution in [2.75, 3.05) is 24.9 Å². The number of benzene rings is 1. The van der Waals surface area contributed by atoms with Gasteiger partial charge in [0.05, 0.1) is 13.5 Å². The first kappa shape index (κ1) is 19.4. The molecule has 0 spiro atoms. The zero-order chi connectivity index (χ0) is 19.4. The zero-order valence-corrected chi connectivity index (χ0v) is 16.4. The van der Waals surface area contributed by atoms with Crippen molar-refractivity contribution in [3.8, 4) is 0 Å². The quantitative estimate of drug-likeness (QED) is 0.742. The summed E-state index contributed by atoms with van der Waals surface area (Å²) in [5, 5.41) is 1.52. The average Bonchev–Trinajstić information content (AvgIpc) is 3.34. The highest BCUT2D eigenvalue weighted by Crippen LogP contribution is 2.25. The molecule has 1 aromatic heterocycles. The van der Waals surface area contributed by atoms with Crippen LogP contribution in [0, 0.1) is 0 Å². The summed E-state index contributed by atoms with van der Waals surface area (Å²) in [6.45, 7) is 1.61. The molecule has 9 heteroatoms. The topological polar surface area (TPSA) is 92.8 Å². The number of likely N-dealkylation sites (tertiary alicyclic amines) is 1. The van der Waals surface area contributed by atoms with E-state index in [0.717, 1.165) is 42.8 Å². The van der Waals surface area contributed by atoms with E-state index in [9.17, 15) is 18.0 Å². The number of thiophene rings is 1. The van der Waals surface area contributed by atoms with Crippen molar-refractivity contribution in [1.82, 2.24) is 4.90 Å². The van der Waals surface area contributed by atoms with Crippen molar-refractivity contribution in [3.05, 3.63) is 46.2 Å². The number of sulfonamides is 1. The monoisotopic (exact) mass is 408 g/mol. The Morgan fingerprint density at radius 2 is 1.81 bits per heavy atom. The van der Waals surface area contributed by atoms with Crippen molar-refractivity contribution < 1.29 is 22.7 Å². The largest absolute Gasteiger partial charge is 0.465 e. The molecular formula is C18H20N2O5S2. The van der Waals surface area contributed by atoms with Crippen LogP contribution in [-0.2, 0) is 26.0 Å². The van der Waals surface area contributed by atoms with Crippen molar-refractivity contribution in [2.24, 2.45) is 0 Å². The Hall–Kier alpha value is -2.39. The van der Waals surface area contributed by atoms with Gasteiger partial charge in [-0.05, 0) is 42.0 Å². The van der Waals surface area contributed by atoms with Crippen LogP contribution in [-0.4, -0.2) is 45.4 Å². The van der Waals surface area contributed by atoms with Crippen molar-refractivity contribution in [1.29, 1.82) is 0 Å². The van der Waals surface area contributed by atoms with Gasteiger partial charge in [0.15, 0.2) is 0 Å². The number of nitrogens with one attached hydrogen (secondary N) is 1. The van der Waals surface area contributed by atoms with E-state index in [1.807, 2.05) is 4.90 Å². The number of hydrogen-bond acceptors (Lipinski definition) is 6. The van der Waals surface area contributed by atoms with E-state index in [1.165, 1.54) is 18.6 Å². The van der Waals surface area contributed by atoms with Gasteiger partial charge in [-0.2, -0.15) is 0 Å². The Bertz CT molecular complexity index is 929. The maximum Gasteiger partial charge on any atom is 0.349 e. The lowest BCUT2D eigenvalue weighted by Crippen LogP contribution is -2.29. The Kier molecular flexibility index (Phi) is 5.81. The second-order valence-electron chi connectivity index (χ2n) is 6.17. The van der Waals surface area contributed by atoms with Crippen molar-refractivity contribution >= 4 is 38.9 Å². The molecule has 1 saturated heterocycles. The minimum atomic E-state index is -3.92. The molecule has 144 valence electrons. The molecule has 1 aliphatic heterocycles. The van der Waals surface area contributed by atoms with E-state index >= 15 is 0 Å². The zero-order valence-electron chi connectivity index (χ0n) is 14.8. The van der Waals surface area contributed by atoms with Crippen molar-refractivity contribution in [3.63, 3.8) is 0 Å². The highest BCUT2D eigenvalue weighted by Gasteiger charge is 2.25. The molecular weight excluding hydrogens is 388 g/mol. The minimum absolute atomic E-state index is 0.0258. The number of esters is 1. The number of anilines is 1. The molecule has 7 nitrogen and oxygen atoms in total. The van der Waals surface area contributed by atoms with Crippen LogP contribution in [0.3, 0.4) is 0 Å². The molecule has 0 bridgehead atoms. The lowest BCUT2D eigenvalue weighted by Gasteiger charge is -2.15. The van der Waals surface area contributed by atoms with Crippen LogP contribution in [0.1, 0.15) is 28.1 Å². The minimum Gasteiger partial charge on any atom is -0.465 e. The molecule has 1 N–H and O–H groups in total. The number of rotatable bonds is 6. The first-order valence-electron chi connectivity index (χ1n) is 8.46. The smallest absolute Gasteiger partial charge is 0.349 e. The van der Waals surface area contributed by atoms with E-state index in [4.69, 9.17) is 0 Å². The van der Waals surface area contributed by atoms with E-state index in [1.54, 1.807) is 24.3 Å². The fourth-order valence-corrected chi connectivity index (χ4v) is 5.30. The maximum atomic E-state index is 12.6. The summed E-state index contributed by atoms with van der Waals surface area (Å²) in [5.74, 6) is -0.608. The molecule has 1 aliphatic rings. The molecule has 0 aliphatic carbocycles. The van der Waals surface area contributed by atoms with E-state index in [0.29, 0.717) is 12.1 Å². The molecule has 3 rings (SSSR count). The van der Waals surface area contributed by atoms with Crippen LogP contribution < -0.4 is 4.72 Å². The van der Waals surface area contributed by atoms with E-state index < -0.39 is 16.0 Å². The SMILES string of the molecule is COC(=O)c1sccc1S(=O)(=O)Nc1ccc(CC(=O)N2CCCC2)cc1. The third-order valence-electron chi connectivity index (χ3n) is 4.31. The Morgan fingerprint density at radius 1 is 1.15 bits per heavy atom. The highest BCUT2D eigenvalue weighted by atomic mass is 32.2. The predicted octanol–water partition coefficient (Wildman–Crippen LogP) is 2.50. The van der Waals surface area contributed by atoms with Gasteiger partial charge in [0.2, 0.25) is 5.91 Å². The average molecular weight is 409 g/mol. The number of amides is 1. The summed E-state index contributed by atoms with van der Waals surface area (Å²) in [7, 11) is -2.72. The summed E-state index contributed by atoms with van der Waals surface area (Å²) in [6, 6.07) is 8.02. The molecule has 0 radical (unpaired) electrons. The van der Waals surface area contributed by atoms with Crippen LogP contribution in [0.4, 0.5) is 5.69 Å². The standard InChI is InChI=1S/C18H20N2O5S2/c1-25-18(22)17-15(8-11-26-17)27(23,24)19-14-6-4-13(5-7-14)12-16(21)20-9-2-3-10-20/h4-8,11,19H,2-3,9-10,12H2,1H3. The Morgan fingerprint density at radius 3 is 2.44 bits per heavy atom. The molecule has 0 saturated carbocycles. The van der Waals surface area contributed by atoms with E-state index in [2.05, 4.69) is 9.46 Å². The highest BCUT2D eigenvalue weighted by molar-refractivity contribution is 7.93. The number of carbonyl (C=O) groups excluding carboxylic acids is 2. The number of ether oxygens (including phenoxy) is 1. The number of hydrogen-bond donors (Lipinski definition) is 1. The molecule has 1 aromatic carbocycles. The van der Waals surface area contributed by atoms with Gasteiger partial charge in [-0.25, -0.2) is 13.2 Å². The second kappa shape index (κ2) is 8.10. The Labute approximate surface area is 162 Å². The molecule has 1 amide bonds. The number of nitrogens with zero attached hydrogens (tertiary/aromatic N) is 1. The van der Waals surface area contributed by atoms with Gasteiger partial charge in [0.25, 0.3) is 10.0 Å². The fourth-order valence-electron chi connectivity index (χ4n) is 2.90. The fraction of sp³-hybridized carbons (Fsp3) is 0.333. The van der Waals surface area contributed by atoms with Gasteiger partial charge in [-0.15, -0.1) is 11.3 Å². The second-order valence-corrected chi connectivity index (χ2v) is 8.74. The summed E-state index contributed by atoms with van der Waals surface area (Å²) in [6.07, 6.45) is 2.38. The predicted molar refractivity (Wildman–Crippen MR) is 102 cm³/mol. The first-order valence-corrected chi connectivity index (χ1v) is 10.8. The van der Waals surface area contributed by atoms with E-state index in [-0.39, 0.29) is 15.7 Å². The van der Waals surface area contributed by atoms with Gasteiger partial charge in [-0.3, -0.25) is 9.52 Å². The van der Waals surface area contributed by atoms with Gasteiger partial charge >= 0.3 is 5.97 Å². The summed E-state index contributed by atoms with van der Waals surface area (Å²) < 4.78 is 32.2. The summed E-state index contributed by atoms with van der Waals surface area (Å²) in [5.41, 5.74) is 1.18. The number of methoxy groups -OCH3 is 1.